The maximum absolute atomic E-state index is 5.12. The van der Waals surface area contributed by atoms with Crippen molar-refractivity contribution in [3.8, 4) is 11.3 Å². The van der Waals surface area contributed by atoms with E-state index in [4.69, 9.17) is 4.52 Å². The lowest BCUT2D eigenvalue weighted by Crippen LogP contribution is -1.77. The molecule has 66 valence electrons. The summed E-state index contributed by atoms with van der Waals surface area (Å²) >= 11 is 3.39. The zero-order valence-corrected chi connectivity index (χ0v) is 8.58. The molecule has 0 amide bonds. The van der Waals surface area contributed by atoms with Crippen LogP contribution in [0.3, 0.4) is 0 Å². The molecule has 2 rings (SSSR count). The van der Waals surface area contributed by atoms with Gasteiger partial charge in [0.15, 0.2) is 5.76 Å². The van der Waals surface area contributed by atoms with Crippen LogP contribution in [0.5, 0.6) is 0 Å². The Balaban J connectivity index is 2.52. The summed E-state index contributed by atoms with van der Waals surface area (Å²) in [6.07, 6.45) is 3.45. The molecule has 3 nitrogen and oxygen atoms in total. The molecule has 0 aromatic carbocycles. The lowest BCUT2D eigenvalue weighted by Gasteiger charge is -1.96. The summed E-state index contributed by atoms with van der Waals surface area (Å²) in [6, 6.07) is 3.77. The van der Waals surface area contributed by atoms with Crippen LogP contribution in [-0.2, 0) is 0 Å². The Morgan fingerprint density at radius 3 is 2.92 bits per heavy atom. The van der Waals surface area contributed by atoms with Gasteiger partial charge in [-0.15, -0.1) is 0 Å². The average molecular weight is 239 g/mol. The zero-order chi connectivity index (χ0) is 9.26. The van der Waals surface area contributed by atoms with E-state index >= 15 is 0 Å². The van der Waals surface area contributed by atoms with Crippen molar-refractivity contribution in [3.63, 3.8) is 0 Å². The van der Waals surface area contributed by atoms with Crippen LogP contribution in [0.2, 0.25) is 0 Å². The van der Waals surface area contributed by atoms with Crippen LogP contribution in [0.15, 0.2) is 33.5 Å². The van der Waals surface area contributed by atoms with Gasteiger partial charge in [0.05, 0.1) is 5.69 Å². The SMILES string of the molecule is Cc1cc(-c2ccncc2Br)on1. The monoisotopic (exact) mass is 238 g/mol. The van der Waals surface area contributed by atoms with Crippen molar-refractivity contribution in [1.29, 1.82) is 0 Å². The van der Waals surface area contributed by atoms with Crippen LogP contribution in [-0.4, -0.2) is 10.1 Å². The molecule has 0 saturated carbocycles. The molecule has 0 aliphatic carbocycles. The van der Waals surface area contributed by atoms with E-state index in [1.54, 1.807) is 12.4 Å². The van der Waals surface area contributed by atoms with Gasteiger partial charge in [-0.25, -0.2) is 0 Å². The van der Waals surface area contributed by atoms with Crippen LogP contribution in [0.4, 0.5) is 0 Å². The number of halogens is 1. The second-order valence-electron chi connectivity index (χ2n) is 2.69. The molecule has 0 fully saturated rings. The highest BCUT2D eigenvalue weighted by molar-refractivity contribution is 9.10. The Hall–Kier alpha value is -1.16. The zero-order valence-electron chi connectivity index (χ0n) is 6.99. The molecule has 0 spiro atoms. The summed E-state index contributed by atoms with van der Waals surface area (Å²) in [6.45, 7) is 1.89. The second kappa shape index (κ2) is 3.30. The van der Waals surface area contributed by atoms with Gasteiger partial charge in [0.25, 0.3) is 0 Å². The van der Waals surface area contributed by atoms with E-state index < -0.39 is 0 Å². The summed E-state index contributed by atoms with van der Waals surface area (Å²) < 4.78 is 6.03. The first kappa shape index (κ1) is 8.44. The molecule has 0 radical (unpaired) electrons. The van der Waals surface area contributed by atoms with Crippen molar-refractivity contribution in [2.75, 3.05) is 0 Å². The first-order valence-electron chi connectivity index (χ1n) is 3.80. The van der Waals surface area contributed by atoms with E-state index in [9.17, 15) is 0 Å². The van der Waals surface area contributed by atoms with Gasteiger partial charge in [-0.2, -0.15) is 0 Å². The number of hydrogen-bond acceptors (Lipinski definition) is 3. The molecule has 0 aliphatic heterocycles. The number of nitrogens with zero attached hydrogens (tertiary/aromatic N) is 2. The van der Waals surface area contributed by atoms with Crippen molar-refractivity contribution in [2.24, 2.45) is 0 Å². The Labute approximate surface area is 83.9 Å². The minimum Gasteiger partial charge on any atom is -0.356 e. The molecule has 0 atom stereocenters. The summed E-state index contributed by atoms with van der Waals surface area (Å²) in [5, 5.41) is 3.82. The molecular formula is C9H7BrN2O. The highest BCUT2D eigenvalue weighted by Crippen LogP contribution is 2.27. The summed E-state index contributed by atoms with van der Waals surface area (Å²) in [5.74, 6) is 0.756. The third-order valence-corrected chi connectivity index (χ3v) is 2.30. The Bertz CT molecular complexity index is 425. The maximum atomic E-state index is 5.12. The highest BCUT2D eigenvalue weighted by Gasteiger charge is 2.07. The second-order valence-corrected chi connectivity index (χ2v) is 3.54. The van der Waals surface area contributed by atoms with Gasteiger partial charge in [-0.3, -0.25) is 4.98 Å². The van der Waals surface area contributed by atoms with Crippen molar-refractivity contribution < 1.29 is 4.52 Å². The summed E-state index contributed by atoms with van der Waals surface area (Å²) in [4.78, 5) is 3.97. The molecule has 2 aromatic rings. The van der Waals surface area contributed by atoms with Crippen molar-refractivity contribution >= 4 is 15.9 Å². The Kier molecular flexibility index (Phi) is 2.14. The van der Waals surface area contributed by atoms with E-state index in [-0.39, 0.29) is 0 Å². The van der Waals surface area contributed by atoms with E-state index in [1.165, 1.54) is 0 Å². The summed E-state index contributed by atoms with van der Waals surface area (Å²) in [5.41, 5.74) is 1.84. The first-order chi connectivity index (χ1) is 6.27. The minimum absolute atomic E-state index is 0.756. The number of pyridine rings is 1. The molecule has 0 unspecified atom stereocenters. The molecule has 0 N–H and O–H groups in total. The van der Waals surface area contributed by atoms with Crippen LogP contribution in [0.25, 0.3) is 11.3 Å². The number of rotatable bonds is 1. The average Bonchev–Trinajstić information content (AvgIpc) is 2.53. The van der Waals surface area contributed by atoms with Gasteiger partial charge in [0.1, 0.15) is 0 Å². The first-order valence-corrected chi connectivity index (χ1v) is 4.60. The number of aryl methyl sites for hydroxylation is 1. The Morgan fingerprint density at radius 2 is 2.31 bits per heavy atom. The minimum atomic E-state index is 0.756. The van der Waals surface area contributed by atoms with Crippen molar-refractivity contribution in [3.05, 3.63) is 34.7 Å². The number of aromatic nitrogens is 2. The maximum Gasteiger partial charge on any atom is 0.168 e. The van der Waals surface area contributed by atoms with Gasteiger partial charge >= 0.3 is 0 Å². The predicted molar refractivity (Wildman–Crippen MR) is 52.2 cm³/mol. The highest BCUT2D eigenvalue weighted by atomic mass is 79.9. The van der Waals surface area contributed by atoms with Crippen molar-refractivity contribution in [2.45, 2.75) is 6.92 Å². The predicted octanol–water partition coefficient (Wildman–Crippen LogP) is 2.81. The van der Waals surface area contributed by atoms with E-state index in [0.29, 0.717) is 0 Å². The fourth-order valence-electron chi connectivity index (χ4n) is 1.07. The lowest BCUT2D eigenvalue weighted by atomic mass is 10.2. The third-order valence-electron chi connectivity index (χ3n) is 1.67. The molecular weight excluding hydrogens is 232 g/mol. The molecule has 2 heterocycles. The van der Waals surface area contributed by atoms with Gasteiger partial charge in [-0.1, -0.05) is 5.16 Å². The fourth-order valence-corrected chi connectivity index (χ4v) is 1.51. The van der Waals surface area contributed by atoms with Crippen molar-refractivity contribution in [1.82, 2.24) is 10.1 Å². The third kappa shape index (κ3) is 1.62. The fraction of sp³-hybridized carbons (Fsp3) is 0.111. The molecule has 0 bridgehead atoms. The van der Waals surface area contributed by atoms with Crippen LogP contribution < -0.4 is 0 Å². The van der Waals surface area contributed by atoms with E-state index in [0.717, 1.165) is 21.5 Å². The molecule has 13 heavy (non-hydrogen) atoms. The topological polar surface area (TPSA) is 38.9 Å². The van der Waals surface area contributed by atoms with Crippen LogP contribution in [0, 0.1) is 6.92 Å². The Morgan fingerprint density at radius 1 is 1.46 bits per heavy atom. The van der Waals surface area contributed by atoms with Gasteiger partial charge in [-0.05, 0) is 28.9 Å². The van der Waals surface area contributed by atoms with Gasteiger partial charge in [0, 0.05) is 28.5 Å². The van der Waals surface area contributed by atoms with E-state index in [1.807, 2.05) is 19.1 Å². The summed E-state index contributed by atoms with van der Waals surface area (Å²) in [7, 11) is 0. The molecule has 0 aliphatic rings. The van der Waals surface area contributed by atoms with Gasteiger partial charge in [0.2, 0.25) is 0 Å². The van der Waals surface area contributed by atoms with E-state index in [2.05, 4.69) is 26.1 Å². The lowest BCUT2D eigenvalue weighted by molar-refractivity contribution is 0.427. The molecule has 2 aromatic heterocycles. The molecule has 4 heteroatoms. The quantitative estimate of drug-likeness (QED) is 0.767. The number of hydrogen-bond donors (Lipinski definition) is 0. The normalized spacial score (nSPS) is 10.3. The smallest absolute Gasteiger partial charge is 0.168 e. The molecule has 0 saturated heterocycles. The van der Waals surface area contributed by atoms with Crippen LogP contribution in [0.1, 0.15) is 5.69 Å². The standard InChI is InChI=1S/C9H7BrN2O/c1-6-4-9(13-12-6)7-2-3-11-5-8(7)10/h2-5H,1H3. The van der Waals surface area contributed by atoms with Gasteiger partial charge < -0.3 is 4.52 Å². The largest absolute Gasteiger partial charge is 0.356 e. The van der Waals surface area contributed by atoms with Crippen LogP contribution >= 0.6 is 15.9 Å².